The Balaban J connectivity index is 1.82. The predicted molar refractivity (Wildman–Crippen MR) is 137 cm³/mol. The van der Waals surface area contributed by atoms with E-state index in [1.165, 1.54) is 0 Å². The molecule has 0 aliphatic heterocycles. The van der Waals surface area contributed by atoms with Crippen molar-refractivity contribution >= 4 is 11.3 Å². The molecule has 5 aromatic rings. The van der Waals surface area contributed by atoms with Gasteiger partial charge in [-0.15, -0.1) is 0 Å². The van der Waals surface area contributed by atoms with Crippen molar-refractivity contribution in [3.05, 3.63) is 149 Å². The third-order valence-corrected chi connectivity index (χ3v) is 5.58. The maximum absolute atomic E-state index is 13.5. The molecule has 5 rings (SSSR count). The minimum atomic E-state index is -0.468. The van der Waals surface area contributed by atoms with Crippen LogP contribution >= 0.6 is 0 Å². The van der Waals surface area contributed by atoms with Gasteiger partial charge in [0.05, 0.1) is 22.5 Å². The summed E-state index contributed by atoms with van der Waals surface area (Å²) < 4.78 is 5.88. The van der Waals surface area contributed by atoms with Crippen LogP contribution in [0.1, 0.15) is 17.0 Å². The van der Waals surface area contributed by atoms with Crippen molar-refractivity contribution in [2.75, 3.05) is 0 Å². The third-order valence-electron chi connectivity index (χ3n) is 5.58. The van der Waals surface area contributed by atoms with E-state index in [1.54, 1.807) is 0 Å². The zero-order valence-electron chi connectivity index (χ0n) is 18.4. The predicted octanol–water partition coefficient (Wildman–Crippen LogP) is 6.24. The molecule has 0 aliphatic rings. The summed E-state index contributed by atoms with van der Waals surface area (Å²) in [4.78, 5) is 18.4. The number of benzene rings is 4. The minimum absolute atomic E-state index is 0.177. The average molecular weight is 443 g/mol. The Bertz CT molecular complexity index is 1490. The number of aromatic nitrogens is 1. The molecule has 0 atom stereocenters. The number of hydrogen-bond acceptors (Lipinski definition) is 4. The van der Waals surface area contributed by atoms with Crippen LogP contribution in [-0.2, 0) is 0 Å². The van der Waals surface area contributed by atoms with Gasteiger partial charge in [0.1, 0.15) is 0 Å². The molecule has 2 N–H and O–H groups in total. The van der Waals surface area contributed by atoms with Crippen molar-refractivity contribution in [3.63, 3.8) is 0 Å². The van der Waals surface area contributed by atoms with Crippen molar-refractivity contribution in [2.24, 2.45) is 5.73 Å². The van der Waals surface area contributed by atoms with Crippen LogP contribution in [-0.4, -0.2) is 4.98 Å². The highest BCUT2D eigenvalue weighted by Gasteiger charge is 2.22. The molecule has 1 heterocycles. The van der Waals surface area contributed by atoms with Gasteiger partial charge in [-0.25, -0.2) is 9.78 Å². The monoisotopic (exact) mass is 442 g/mol. The van der Waals surface area contributed by atoms with Gasteiger partial charge >= 0.3 is 5.63 Å². The molecule has 0 unspecified atom stereocenters. The molecule has 4 heteroatoms. The van der Waals surface area contributed by atoms with Gasteiger partial charge in [0.2, 0.25) is 5.89 Å². The lowest BCUT2D eigenvalue weighted by Gasteiger charge is -2.14. The molecular formula is C30H22N2O2. The Hall–Kier alpha value is -4.70. The summed E-state index contributed by atoms with van der Waals surface area (Å²) in [6.07, 6.45) is 0. The quantitative estimate of drug-likeness (QED) is 0.327. The average Bonchev–Trinajstić information content (AvgIpc) is 2.90. The summed E-state index contributed by atoms with van der Waals surface area (Å²) in [6, 6.07) is 38.3. The molecule has 4 nitrogen and oxygen atoms in total. The van der Waals surface area contributed by atoms with Crippen molar-refractivity contribution in [1.29, 1.82) is 0 Å². The van der Waals surface area contributed by atoms with Gasteiger partial charge in [0.15, 0.2) is 0 Å². The summed E-state index contributed by atoms with van der Waals surface area (Å²) in [7, 11) is 0. The van der Waals surface area contributed by atoms with E-state index in [9.17, 15) is 4.79 Å². The fourth-order valence-electron chi connectivity index (χ4n) is 3.95. The third kappa shape index (κ3) is 4.17. The summed E-state index contributed by atoms with van der Waals surface area (Å²) in [5, 5.41) is 0. The first kappa shape index (κ1) is 21.2. The first-order chi connectivity index (χ1) is 16.7. The molecule has 0 saturated carbocycles. The molecule has 0 amide bonds. The molecule has 164 valence electrons. The highest BCUT2D eigenvalue weighted by Crippen LogP contribution is 2.33. The summed E-state index contributed by atoms with van der Waals surface area (Å²) >= 11 is 0. The molecule has 34 heavy (non-hydrogen) atoms. The highest BCUT2D eigenvalue weighted by molar-refractivity contribution is 5.95. The Morgan fingerprint density at radius 2 is 1.09 bits per heavy atom. The minimum Gasteiger partial charge on any atom is -0.403 e. The lowest BCUT2D eigenvalue weighted by atomic mass is 9.98. The fourth-order valence-corrected chi connectivity index (χ4v) is 3.95. The first-order valence-electron chi connectivity index (χ1n) is 11.0. The van der Waals surface area contributed by atoms with E-state index in [1.807, 2.05) is 121 Å². The van der Waals surface area contributed by atoms with E-state index in [-0.39, 0.29) is 5.89 Å². The van der Waals surface area contributed by atoms with E-state index < -0.39 is 5.63 Å². The number of rotatable bonds is 5. The van der Waals surface area contributed by atoms with Gasteiger partial charge in [-0.2, -0.15) is 0 Å². The van der Waals surface area contributed by atoms with Crippen LogP contribution in [0.3, 0.4) is 0 Å². The van der Waals surface area contributed by atoms with Crippen LogP contribution in [0.15, 0.2) is 131 Å². The smallest absolute Gasteiger partial charge is 0.347 e. The lowest BCUT2D eigenvalue weighted by molar-refractivity contribution is 0.480. The van der Waals surface area contributed by atoms with Crippen LogP contribution in [0.4, 0.5) is 0 Å². The normalized spacial score (nSPS) is 11.6. The van der Waals surface area contributed by atoms with Crippen LogP contribution in [0.5, 0.6) is 0 Å². The van der Waals surface area contributed by atoms with Crippen molar-refractivity contribution in [3.8, 4) is 22.4 Å². The standard InChI is InChI=1S/C30H22N2O2/c31-27(23-17-9-3-10-18-23)25(21-13-5-1-6-14-21)29-32-28(24-19-11-4-12-20-24)26(30(33)34-29)22-15-7-2-8-16-22/h1-20H,31H2/b27-25-. The molecule has 0 bridgehead atoms. The van der Waals surface area contributed by atoms with Crippen molar-refractivity contribution in [2.45, 2.75) is 0 Å². The molecule has 0 radical (unpaired) electrons. The number of nitrogens with zero attached hydrogens (tertiary/aromatic N) is 1. The molecular weight excluding hydrogens is 420 g/mol. The van der Waals surface area contributed by atoms with Gasteiger partial charge in [-0.1, -0.05) is 121 Å². The van der Waals surface area contributed by atoms with E-state index in [2.05, 4.69) is 0 Å². The maximum Gasteiger partial charge on any atom is 0.347 e. The molecule has 0 aliphatic carbocycles. The summed E-state index contributed by atoms with van der Waals surface area (Å²) in [5.41, 5.74) is 11.4. The molecule has 0 saturated heterocycles. The van der Waals surface area contributed by atoms with Gasteiger partial charge in [0, 0.05) is 5.56 Å². The summed E-state index contributed by atoms with van der Waals surface area (Å²) in [5.74, 6) is 0.177. The van der Waals surface area contributed by atoms with Gasteiger partial charge in [-0.3, -0.25) is 0 Å². The molecule has 0 spiro atoms. The van der Waals surface area contributed by atoms with Gasteiger partial charge in [0.25, 0.3) is 0 Å². The molecule has 1 aromatic heterocycles. The van der Waals surface area contributed by atoms with Gasteiger partial charge < -0.3 is 10.2 Å². The summed E-state index contributed by atoms with van der Waals surface area (Å²) in [6.45, 7) is 0. The number of nitrogens with two attached hydrogens (primary N) is 1. The Morgan fingerprint density at radius 1 is 0.618 bits per heavy atom. The first-order valence-corrected chi connectivity index (χ1v) is 11.0. The van der Waals surface area contributed by atoms with Crippen LogP contribution < -0.4 is 11.4 Å². The topological polar surface area (TPSA) is 69.1 Å². The SMILES string of the molecule is N/C(=C(/c1ccccc1)c1nc(-c2ccccc2)c(-c2ccccc2)c(=O)o1)c1ccccc1. The van der Waals surface area contributed by atoms with Crippen LogP contribution in [0, 0.1) is 0 Å². The maximum atomic E-state index is 13.5. The van der Waals surface area contributed by atoms with Crippen LogP contribution in [0.25, 0.3) is 33.7 Å². The zero-order valence-corrected chi connectivity index (χ0v) is 18.4. The van der Waals surface area contributed by atoms with Gasteiger partial charge in [-0.05, 0) is 16.7 Å². The second kappa shape index (κ2) is 9.43. The Kier molecular flexibility index (Phi) is 5.87. The van der Waals surface area contributed by atoms with E-state index in [0.717, 1.165) is 22.3 Å². The van der Waals surface area contributed by atoms with Crippen molar-refractivity contribution in [1.82, 2.24) is 4.98 Å². The zero-order chi connectivity index (χ0) is 23.3. The number of hydrogen-bond donors (Lipinski definition) is 1. The Labute approximate surface area is 197 Å². The van der Waals surface area contributed by atoms with E-state index in [0.29, 0.717) is 22.5 Å². The van der Waals surface area contributed by atoms with E-state index in [4.69, 9.17) is 15.1 Å². The second-order valence-corrected chi connectivity index (χ2v) is 7.78. The van der Waals surface area contributed by atoms with Crippen LogP contribution in [0.2, 0.25) is 0 Å². The molecule has 4 aromatic carbocycles. The molecule has 0 fully saturated rings. The van der Waals surface area contributed by atoms with E-state index >= 15 is 0 Å². The Morgan fingerprint density at radius 3 is 1.65 bits per heavy atom. The highest BCUT2D eigenvalue weighted by atomic mass is 16.4. The second-order valence-electron chi connectivity index (χ2n) is 7.78. The fraction of sp³-hybridized carbons (Fsp3) is 0. The lowest BCUT2D eigenvalue weighted by Crippen LogP contribution is -2.12. The largest absolute Gasteiger partial charge is 0.403 e. The van der Waals surface area contributed by atoms with Crippen molar-refractivity contribution < 1.29 is 4.42 Å².